The molecule has 0 radical (unpaired) electrons. The number of nitrogens with zero attached hydrogens (tertiary/aromatic N) is 1. The normalized spacial score (nSPS) is 10.4. The summed E-state index contributed by atoms with van der Waals surface area (Å²) in [5, 5.41) is 0. The molecule has 1 heterocycles. The fourth-order valence-electron chi connectivity index (χ4n) is 2.42. The molecule has 1 heteroatoms. The highest BCUT2D eigenvalue weighted by Gasteiger charge is 2.03. The van der Waals surface area contributed by atoms with Gasteiger partial charge >= 0.3 is 0 Å². The Labute approximate surface area is 119 Å². The van der Waals surface area contributed by atoms with E-state index in [0.29, 0.717) is 0 Å². The van der Waals surface area contributed by atoms with E-state index < -0.39 is 0 Å². The average Bonchev–Trinajstić information content (AvgIpc) is 2.51. The van der Waals surface area contributed by atoms with E-state index in [2.05, 4.69) is 66.5 Å². The summed E-state index contributed by atoms with van der Waals surface area (Å²) in [5.74, 6) is 0. The van der Waals surface area contributed by atoms with Gasteiger partial charge < -0.3 is 0 Å². The Kier molecular flexibility index (Phi) is 3.60. The Bertz CT molecular complexity index is 687. The van der Waals surface area contributed by atoms with Crippen LogP contribution in [-0.4, -0.2) is 4.98 Å². The fraction of sp³-hybridized carbons (Fsp3) is 0.105. The van der Waals surface area contributed by atoms with E-state index in [1.165, 1.54) is 27.8 Å². The van der Waals surface area contributed by atoms with Crippen molar-refractivity contribution in [2.24, 2.45) is 0 Å². The molecule has 0 spiro atoms. The zero-order valence-corrected chi connectivity index (χ0v) is 11.6. The first kappa shape index (κ1) is 12.6. The SMILES string of the molecule is Cc1cc(-c2cccnc2)ccc1Cc1ccccc1. The van der Waals surface area contributed by atoms with Gasteiger partial charge in [-0.15, -0.1) is 0 Å². The quantitative estimate of drug-likeness (QED) is 0.667. The molecular weight excluding hydrogens is 242 g/mol. The molecule has 2 aromatic carbocycles. The number of rotatable bonds is 3. The lowest BCUT2D eigenvalue weighted by molar-refractivity contribution is 1.16. The van der Waals surface area contributed by atoms with Gasteiger partial charge in [0.15, 0.2) is 0 Å². The van der Waals surface area contributed by atoms with Crippen LogP contribution in [0.15, 0.2) is 73.1 Å². The maximum Gasteiger partial charge on any atom is 0.0346 e. The van der Waals surface area contributed by atoms with Crippen molar-refractivity contribution in [1.29, 1.82) is 0 Å². The minimum atomic E-state index is 0.986. The van der Waals surface area contributed by atoms with Crippen LogP contribution in [0.25, 0.3) is 11.1 Å². The minimum Gasteiger partial charge on any atom is -0.264 e. The standard InChI is InChI=1S/C19H17N/c1-15-12-18(19-8-5-11-20-14-19)10-9-17(15)13-16-6-3-2-4-7-16/h2-12,14H,13H2,1H3. The van der Waals surface area contributed by atoms with Crippen LogP contribution >= 0.6 is 0 Å². The van der Waals surface area contributed by atoms with Crippen molar-refractivity contribution in [2.45, 2.75) is 13.3 Å². The summed E-state index contributed by atoms with van der Waals surface area (Å²) in [4.78, 5) is 4.18. The summed E-state index contributed by atoms with van der Waals surface area (Å²) in [6.45, 7) is 2.18. The van der Waals surface area contributed by atoms with Gasteiger partial charge in [0.2, 0.25) is 0 Å². The molecule has 0 unspecified atom stereocenters. The number of aromatic nitrogens is 1. The lowest BCUT2D eigenvalue weighted by atomic mass is 9.96. The molecule has 3 aromatic rings. The molecular formula is C19H17N. The largest absolute Gasteiger partial charge is 0.264 e. The van der Waals surface area contributed by atoms with Crippen molar-refractivity contribution >= 4 is 0 Å². The predicted octanol–water partition coefficient (Wildman–Crippen LogP) is 4.65. The minimum absolute atomic E-state index is 0.986. The number of hydrogen-bond donors (Lipinski definition) is 0. The van der Waals surface area contributed by atoms with Gasteiger partial charge in [0.1, 0.15) is 0 Å². The second kappa shape index (κ2) is 5.70. The highest BCUT2D eigenvalue weighted by Crippen LogP contribution is 2.22. The number of pyridine rings is 1. The molecule has 0 fully saturated rings. The van der Waals surface area contributed by atoms with Crippen molar-refractivity contribution in [3.05, 3.63) is 89.7 Å². The summed E-state index contributed by atoms with van der Waals surface area (Å²) in [6.07, 6.45) is 4.70. The van der Waals surface area contributed by atoms with Gasteiger partial charge in [-0.1, -0.05) is 54.6 Å². The van der Waals surface area contributed by atoms with Crippen LogP contribution in [0.1, 0.15) is 16.7 Å². The molecule has 0 amide bonds. The molecule has 0 atom stereocenters. The lowest BCUT2D eigenvalue weighted by Crippen LogP contribution is -1.92. The monoisotopic (exact) mass is 259 g/mol. The van der Waals surface area contributed by atoms with Crippen molar-refractivity contribution in [2.75, 3.05) is 0 Å². The maximum absolute atomic E-state index is 4.18. The first-order chi connectivity index (χ1) is 9.83. The molecule has 0 aliphatic rings. The third-order valence-electron chi connectivity index (χ3n) is 3.57. The molecule has 20 heavy (non-hydrogen) atoms. The van der Waals surface area contributed by atoms with Gasteiger partial charge in [0.05, 0.1) is 0 Å². The molecule has 0 N–H and O–H groups in total. The molecule has 0 saturated carbocycles. The Hall–Kier alpha value is -2.41. The van der Waals surface area contributed by atoms with Crippen molar-refractivity contribution in [3.8, 4) is 11.1 Å². The van der Waals surface area contributed by atoms with Crippen LogP contribution in [0, 0.1) is 6.92 Å². The molecule has 1 aromatic heterocycles. The van der Waals surface area contributed by atoms with Gasteiger partial charge in [-0.2, -0.15) is 0 Å². The zero-order valence-electron chi connectivity index (χ0n) is 11.6. The molecule has 0 aliphatic carbocycles. The van der Waals surface area contributed by atoms with E-state index >= 15 is 0 Å². The first-order valence-corrected chi connectivity index (χ1v) is 6.87. The van der Waals surface area contributed by atoms with E-state index in [1.54, 1.807) is 6.20 Å². The zero-order chi connectivity index (χ0) is 13.8. The predicted molar refractivity (Wildman–Crippen MR) is 83.7 cm³/mol. The van der Waals surface area contributed by atoms with Crippen LogP contribution < -0.4 is 0 Å². The Morgan fingerprint density at radius 2 is 1.70 bits per heavy atom. The van der Waals surface area contributed by atoms with Gasteiger partial charge in [-0.05, 0) is 47.2 Å². The van der Waals surface area contributed by atoms with Crippen LogP contribution in [-0.2, 0) is 6.42 Å². The van der Waals surface area contributed by atoms with Gasteiger partial charge in [0.25, 0.3) is 0 Å². The molecule has 98 valence electrons. The van der Waals surface area contributed by atoms with E-state index in [9.17, 15) is 0 Å². The summed E-state index contributed by atoms with van der Waals surface area (Å²) < 4.78 is 0. The van der Waals surface area contributed by atoms with Crippen LogP contribution in [0.3, 0.4) is 0 Å². The summed E-state index contributed by atoms with van der Waals surface area (Å²) >= 11 is 0. The van der Waals surface area contributed by atoms with Crippen molar-refractivity contribution in [1.82, 2.24) is 4.98 Å². The number of aryl methyl sites for hydroxylation is 1. The second-order valence-electron chi connectivity index (χ2n) is 5.05. The van der Waals surface area contributed by atoms with Crippen LogP contribution in [0.4, 0.5) is 0 Å². The van der Waals surface area contributed by atoms with Crippen LogP contribution in [0.5, 0.6) is 0 Å². The van der Waals surface area contributed by atoms with E-state index in [1.807, 2.05) is 12.3 Å². The smallest absolute Gasteiger partial charge is 0.0346 e. The highest BCUT2D eigenvalue weighted by molar-refractivity contribution is 5.63. The fourth-order valence-corrected chi connectivity index (χ4v) is 2.42. The second-order valence-corrected chi connectivity index (χ2v) is 5.05. The summed E-state index contributed by atoms with van der Waals surface area (Å²) in [7, 11) is 0. The topological polar surface area (TPSA) is 12.9 Å². The summed E-state index contributed by atoms with van der Waals surface area (Å²) in [5.41, 5.74) is 6.46. The molecule has 0 bridgehead atoms. The average molecular weight is 259 g/mol. The van der Waals surface area contributed by atoms with Crippen LogP contribution in [0.2, 0.25) is 0 Å². The van der Waals surface area contributed by atoms with E-state index in [-0.39, 0.29) is 0 Å². The van der Waals surface area contributed by atoms with E-state index in [0.717, 1.165) is 6.42 Å². The van der Waals surface area contributed by atoms with Gasteiger partial charge in [-0.25, -0.2) is 0 Å². The molecule has 1 nitrogen and oxygen atoms in total. The first-order valence-electron chi connectivity index (χ1n) is 6.87. The number of hydrogen-bond acceptors (Lipinski definition) is 1. The van der Waals surface area contributed by atoms with Gasteiger partial charge in [0, 0.05) is 12.4 Å². The third kappa shape index (κ3) is 2.77. The molecule has 3 rings (SSSR count). The lowest BCUT2D eigenvalue weighted by Gasteiger charge is -2.09. The Balaban J connectivity index is 1.89. The van der Waals surface area contributed by atoms with Crippen molar-refractivity contribution < 1.29 is 0 Å². The molecule has 0 saturated heterocycles. The molecule has 0 aliphatic heterocycles. The Morgan fingerprint density at radius 1 is 0.850 bits per heavy atom. The Morgan fingerprint density at radius 3 is 2.40 bits per heavy atom. The summed E-state index contributed by atoms with van der Waals surface area (Å²) in [6, 6.07) is 21.3. The van der Waals surface area contributed by atoms with Crippen molar-refractivity contribution in [3.63, 3.8) is 0 Å². The number of benzene rings is 2. The van der Waals surface area contributed by atoms with Gasteiger partial charge in [-0.3, -0.25) is 4.98 Å². The third-order valence-corrected chi connectivity index (χ3v) is 3.57. The highest BCUT2D eigenvalue weighted by atomic mass is 14.6. The van der Waals surface area contributed by atoms with E-state index in [4.69, 9.17) is 0 Å². The maximum atomic E-state index is 4.18.